The number of nitrogen functional groups attached to an aromatic ring is 1. The summed E-state index contributed by atoms with van der Waals surface area (Å²) in [6.07, 6.45) is 0. The van der Waals surface area contributed by atoms with Crippen LogP contribution in [0.3, 0.4) is 0 Å². The molecule has 1 aromatic heterocycles. The van der Waals surface area contributed by atoms with Gasteiger partial charge in [-0.3, -0.25) is 0 Å². The number of rotatable bonds is 3. The number of thiazole rings is 1. The third kappa shape index (κ3) is 2.27. The lowest BCUT2D eigenvalue weighted by Crippen LogP contribution is -1.88. The summed E-state index contributed by atoms with van der Waals surface area (Å²) in [5.74, 6) is 0.887. The molecule has 0 radical (unpaired) electrons. The Balaban J connectivity index is 2.02. The lowest BCUT2D eigenvalue weighted by atomic mass is 10.3. The van der Waals surface area contributed by atoms with E-state index in [0.29, 0.717) is 0 Å². The fraction of sp³-hybridized carbons (Fsp3) is 0.100. The van der Waals surface area contributed by atoms with E-state index >= 15 is 0 Å². The van der Waals surface area contributed by atoms with Crippen LogP contribution in [0.25, 0.3) is 0 Å². The Morgan fingerprint density at radius 2 is 2.21 bits per heavy atom. The predicted octanol–water partition coefficient (Wildman–Crippen LogP) is 3.02. The molecule has 1 heterocycles. The van der Waals surface area contributed by atoms with E-state index in [1.165, 1.54) is 0 Å². The van der Waals surface area contributed by atoms with E-state index in [1.807, 2.05) is 29.8 Å². The number of hydrogen-bond donors (Lipinski definition) is 1. The molecule has 0 aliphatic heterocycles. The zero-order valence-corrected chi connectivity index (χ0v) is 9.15. The van der Waals surface area contributed by atoms with Gasteiger partial charge in [-0.15, -0.1) is 23.1 Å². The summed E-state index contributed by atoms with van der Waals surface area (Å²) >= 11 is 3.35. The molecule has 0 bridgehead atoms. The van der Waals surface area contributed by atoms with Crippen LogP contribution in [0.4, 0.5) is 5.69 Å². The van der Waals surface area contributed by atoms with Gasteiger partial charge in [-0.2, -0.15) is 0 Å². The largest absolute Gasteiger partial charge is 0.398 e. The zero-order valence-electron chi connectivity index (χ0n) is 7.51. The summed E-state index contributed by atoms with van der Waals surface area (Å²) in [4.78, 5) is 5.34. The number of nitrogens with two attached hydrogens (primary N) is 1. The Morgan fingerprint density at radius 3 is 2.93 bits per heavy atom. The third-order valence-corrected chi connectivity index (χ3v) is 3.54. The van der Waals surface area contributed by atoms with Gasteiger partial charge < -0.3 is 5.73 Å². The maximum absolute atomic E-state index is 5.82. The first-order valence-corrected chi connectivity index (χ1v) is 6.13. The van der Waals surface area contributed by atoms with Crippen LogP contribution in [-0.4, -0.2) is 4.98 Å². The van der Waals surface area contributed by atoms with Gasteiger partial charge in [0.2, 0.25) is 0 Å². The highest BCUT2D eigenvalue weighted by atomic mass is 32.2. The first-order valence-electron chi connectivity index (χ1n) is 4.20. The van der Waals surface area contributed by atoms with E-state index in [2.05, 4.69) is 10.4 Å². The first-order chi connectivity index (χ1) is 6.86. The monoisotopic (exact) mass is 222 g/mol. The Kier molecular flexibility index (Phi) is 3.06. The predicted molar refractivity (Wildman–Crippen MR) is 62.5 cm³/mol. The van der Waals surface area contributed by atoms with Crippen LogP contribution in [0.15, 0.2) is 40.1 Å². The van der Waals surface area contributed by atoms with Crippen LogP contribution < -0.4 is 5.73 Å². The van der Waals surface area contributed by atoms with Gasteiger partial charge in [0.25, 0.3) is 0 Å². The zero-order chi connectivity index (χ0) is 9.80. The summed E-state index contributed by atoms with van der Waals surface area (Å²) in [7, 11) is 0. The van der Waals surface area contributed by atoms with E-state index < -0.39 is 0 Å². The molecule has 0 fully saturated rings. The molecule has 0 atom stereocenters. The van der Waals surface area contributed by atoms with Gasteiger partial charge in [0.15, 0.2) is 0 Å². The highest BCUT2D eigenvalue weighted by Gasteiger charge is 2.00. The van der Waals surface area contributed by atoms with Crippen LogP contribution in [0.1, 0.15) is 5.69 Å². The molecule has 0 aliphatic rings. The van der Waals surface area contributed by atoms with Crippen molar-refractivity contribution in [1.29, 1.82) is 0 Å². The maximum atomic E-state index is 5.82. The molecule has 0 saturated carbocycles. The van der Waals surface area contributed by atoms with Crippen LogP contribution >= 0.6 is 23.1 Å². The number of benzene rings is 1. The molecule has 0 amide bonds. The molecule has 0 aliphatic carbocycles. The molecule has 0 unspecified atom stereocenters. The number of para-hydroxylation sites is 1. The molecular weight excluding hydrogens is 212 g/mol. The van der Waals surface area contributed by atoms with Gasteiger partial charge in [-0.05, 0) is 12.1 Å². The fourth-order valence-corrected chi connectivity index (χ4v) is 2.61. The second-order valence-electron chi connectivity index (χ2n) is 2.81. The van der Waals surface area contributed by atoms with E-state index in [-0.39, 0.29) is 0 Å². The number of nitrogens with zero attached hydrogens (tertiary/aromatic N) is 1. The SMILES string of the molecule is Nc1ccccc1SCc1cscn1. The smallest absolute Gasteiger partial charge is 0.0795 e. The topological polar surface area (TPSA) is 38.9 Å². The van der Waals surface area contributed by atoms with Gasteiger partial charge in [-0.1, -0.05) is 12.1 Å². The van der Waals surface area contributed by atoms with Crippen molar-refractivity contribution < 1.29 is 0 Å². The average Bonchev–Trinajstić information content (AvgIpc) is 2.69. The molecule has 14 heavy (non-hydrogen) atoms. The van der Waals surface area contributed by atoms with Gasteiger partial charge in [0.05, 0.1) is 11.2 Å². The molecule has 4 heteroatoms. The minimum atomic E-state index is 0.840. The summed E-state index contributed by atoms with van der Waals surface area (Å²) in [6, 6.07) is 7.90. The van der Waals surface area contributed by atoms with E-state index in [1.54, 1.807) is 23.1 Å². The normalized spacial score (nSPS) is 10.3. The fourth-order valence-electron chi connectivity index (χ4n) is 1.07. The molecule has 2 aromatic rings. The van der Waals surface area contributed by atoms with E-state index in [9.17, 15) is 0 Å². The molecule has 2 N–H and O–H groups in total. The molecule has 72 valence electrons. The van der Waals surface area contributed by atoms with E-state index in [4.69, 9.17) is 5.73 Å². The highest BCUT2D eigenvalue weighted by Crippen LogP contribution is 2.27. The number of anilines is 1. The molecular formula is C10H10N2S2. The van der Waals surface area contributed by atoms with Gasteiger partial charge in [0.1, 0.15) is 0 Å². The number of thioether (sulfide) groups is 1. The summed E-state index contributed by atoms with van der Waals surface area (Å²) in [5, 5.41) is 2.06. The summed E-state index contributed by atoms with van der Waals surface area (Å²) in [5.41, 5.74) is 9.63. The van der Waals surface area contributed by atoms with Crippen LogP contribution in [0.2, 0.25) is 0 Å². The lowest BCUT2D eigenvalue weighted by Gasteiger charge is -2.02. The van der Waals surface area contributed by atoms with Gasteiger partial charge >= 0.3 is 0 Å². The van der Waals surface area contributed by atoms with Crippen molar-refractivity contribution in [3.8, 4) is 0 Å². The minimum absolute atomic E-state index is 0.840. The van der Waals surface area contributed by atoms with Crippen molar-refractivity contribution in [1.82, 2.24) is 4.98 Å². The number of hydrogen-bond acceptors (Lipinski definition) is 4. The van der Waals surface area contributed by atoms with Crippen molar-refractivity contribution in [3.63, 3.8) is 0 Å². The first kappa shape index (κ1) is 9.55. The van der Waals surface area contributed by atoms with E-state index in [0.717, 1.165) is 22.0 Å². The van der Waals surface area contributed by atoms with Crippen LogP contribution in [0, 0.1) is 0 Å². The summed E-state index contributed by atoms with van der Waals surface area (Å²) in [6.45, 7) is 0. The lowest BCUT2D eigenvalue weighted by molar-refractivity contribution is 1.23. The Morgan fingerprint density at radius 1 is 1.36 bits per heavy atom. The molecule has 2 rings (SSSR count). The van der Waals surface area contributed by atoms with Crippen LogP contribution in [0.5, 0.6) is 0 Å². The number of aromatic nitrogens is 1. The van der Waals surface area contributed by atoms with Crippen molar-refractivity contribution in [2.24, 2.45) is 0 Å². The highest BCUT2D eigenvalue weighted by molar-refractivity contribution is 7.98. The van der Waals surface area contributed by atoms with Crippen LogP contribution in [-0.2, 0) is 5.75 Å². The Bertz CT molecular complexity index is 398. The maximum Gasteiger partial charge on any atom is 0.0795 e. The average molecular weight is 222 g/mol. The van der Waals surface area contributed by atoms with Crippen molar-refractivity contribution >= 4 is 28.8 Å². The molecule has 2 nitrogen and oxygen atoms in total. The Hall–Kier alpha value is -1.00. The van der Waals surface area contributed by atoms with Crippen molar-refractivity contribution in [2.45, 2.75) is 10.6 Å². The Labute approximate surface area is 91.2 Å². The standard InChI is InChI=1S/C10H10N2S2/c11-9-3-1-2-4-10(9)14-6-8-5-13-7-12-8/h1-5,7H,6,11H2. The minimum Gasteiger partial charge on any atom is -0.398 e. The quantitative estimate of drug-likeness (QED) is 0.641. The van der Waals surface area contributed by atoms with Gasteiger partial charge in [-0.25, -0.2) is 4.98 Å². The third-order valence-electron chi connectivity index (χ3n) is 1.78. The molecule has 1 aromatic carbocycles. The van der Waals surface area contributed by atoms with Crippen molar-refractivity contribution in [3.05, 3.63) is 40.8 Å². The second kappa shape index (κ2) is 4.48. The molecule has 0 saturated heterocycles. The molecule has 0 spiro atoms. The van der Waals surface area contributed by atoms with Crippen molar-refractivity contribution in [2.75, 3.05) is 5.73 Å². The summed E-state index contributed by atoms with van der Waals surface area (Å²) < 4.78 is 0. The van der Waals surface area contributed by atoms with Gasteiger partial charge in [0, 0.05) is 21.7 Å². The second-order valence-corrected chi connectivity index (χ2v) is 4.54.